The van der Waals surface area contributed by atoms with E-state index in [1.165, 1.54) is 0 Å². The molecule has 0 fully saturated rings. The van der Waals surface area contributed by atoms with Crippen LogP contribution in [-0.4, -0.2) is 22.0 Å². The van der Waals surface area contributed by atoms with E-state index in [0.29, 0.717) is 0 Å². The van der Waals surface area contributed by atoms with E-state index in [4.69, 9.17) is 4.74 Å². The maximum atomic E-state index is 10.4. The highest BCUT2D eigenvalue weighted by Gasteiger charge is 2.17. The van der Waals surface area contributed by atoms with Gasteiger partial charge in [0.05, 0.1) is 12.8 Å². The van der Waals surface area contributed by atoms with Crippen molar-refractivity contribution in [3.63, 3.8) is 0 Å². The zero-order valence-corrected chi connectivity index (χ0v) is 10.9. The van der Waals surface area contributed by atoms with Crippen molar-refractivity contribution >= 4 is 0 Å². The van der Waals surface area contributed by atoms with E-state index in [1.54, 1.807) is 11.8 Å². The third-order valence-electron chi connectivity index (χ3n) is 2.98. The first kappa shape index (κ1) is 12.6. The number of rotatable bonds is 4. The number of ether oxygens (including phenoxy) is 1. The standard InChI is InChI=1S/C14H18N2O2/c1-4-13-12(9-16(2)15-13)14(17)10-6-5-7-11(8-10)18-3/h5-9,14,17H,4H2,1-3H3. The Hall–Kier alpha value is -1.81. The molecule has 0 saturated carbocycles. The first-order valence-electron chi connectivity index (χ1n) is 6.00. The molecule has 4 heteroatoms. The lowest BCUT2D eigenvalue weighted by molar-refractivity contribution is 0.218. The lowest BCUT2D eigenvalue weighted by atomic mass is 10.0. The van der Waals surface area contributed by atoms with Gasteiger partial charge >= 0.3 is 0 Å². The van der Waals surface area contributed by atoms with Gasteiger partial charge in [0.25, 0.3) is 0 Å². The number of benzene rings is 1. The average Bonchev–Trinajstić information content (AvgIpc) is 2.79. The Morgan fingerprint density at radius 3 is 2.89 bits per heavy atom. The molecule has 0 aliphatic heterocycles. The van der Waals surface area contributed by atoms with Crippen molar-refractivity contribution in [2.45, 2.75) is 19.4 Å². The maximum Gasteiger partial charge on any atom is 0.119 e. The largest absolute Gasteiger partial charge is 0.497 e. The van der Waals surface area contributed by atoms with E-state index in [2.05, 4.69) is 5.10 Å². The minimum absolute atomic E-state index is 0.663. The van der Waals surface area contributed by atoms with E-state index in [-0.39, 0.29) is 0 Å². The summed E-state index contributed by atoms with van der Waals surface area (Å²) < 4.78 is 6.90. The quantitative estimate of drug-likeness (QED) is 0.898. The highest BCUT2D eigenvalue weighted by atomic mass is 16.5. The van der Waals surface area contributed by atoms with Gasteiger partial charge in [-0.15, -0.1) is 0 Å². The van der Waals surface area contributed by atoms with Gasteiger partial charge in [0, 0.05) is 18.8 Å². The molecule has 2 aromatic rings. The van der Waals surface area contributed by atoms with Gasteiger partial charge in [0.1, 0.15) is 11.9 Å². The Kier molecular flexibility index (Phi) is 3.67. The first-order valence-corrected chi connectivity index (χ1v) is 6.00. The van der Waals surface area contributed by atoms with Crippen molar-refractivity contribution in [1.29, 1.82) is 0 Å². The molecule has 18 heavy (non-hydrogen) atoms. The molecular weight excluding hydrogens is 228 g/mol. The van der Waals surface area contributed by atoms with E-state index in [1.807, 2.05) is 44.4 Å². The fraction of sp³-hybridized carbons (Fsp3) is 0.357. The zero-order chi connectivity index (χ0) is 13.1. The molecule has 0 amide bonds. The number of aromatic nitrogens is 2. The predicted molar refractivity (Wildman–Crippen MR) is 69.6 cm³/mol. The molecule has 0 aliphatic carbocycles. The van der Waals surface area contributed by atoms with Crippen molar-refractivity contribution in [3.8, 4) is 5.75 Å². The zero-order valence-electron chi connectivity index (χ0n) is 10.9. The van der Waals surface area contributed by atoms with Crippen LogP contribution in [0, 0.1) is 0 Å². The summed E-state index contributed by atoms with van der Waals surface area (Å²) in [5.41, 5.74) is 2.60. The second-order valence-corrected chi connectivity index (χ2v) is 4.24. The number of nitrogens with zero attached hydrogens (tertiary/aromatic N) is 2. The normalized spacial score (nSPS) is 12.4. The van der Waals surface area contributed by atoms with Gasteiger partial charge < -0.3 is 9.84 Å². The lowest BCUT2D eigenvalue weighted by Crippen LogP contribution is -2.02. The summed E-state index contributed by atoms with van der Waals surface area (Å²) in [4.78, 5) is 0. The van der Waals surface area contributed by atoms with Crippen molar-refractivity contribution in [2.24, 2.45) is 7.05 Å². The van der Waals surface area contributed by atoms with Crippen LogP contribution in [0.4, 0.5) is 0 Å². The molecule has 1 aromatic carbocycles. The summed E-state index contributed by atoms with van der Waals surface area (Å²) >= 11 is 0. The summed E-state index contributed by atoms with van der Waals surface area (Å²) in [5.74, 6) is 0.744. The van der Waals surface area contributed by atoms with Crippen molar-refractivity contribution in [1.82, 2.24) is 9.78 Å². The number of methoxy groups -OCH3 is 1. The second kappa shape index (κ2) is 5.23. The summed E-state index contributed by atoms with van der Waals surface area (Å²) in [6, 6.07) is 7.47. The van der Waals surface area contributed by atoms with Gasteiger partial charge in [-0.1, -0.05) is 19.1 Å². The Morgan fingerprint density at radius 2 is 2.22 bits per heavy atom. The van der Waals surface area contributed by atoms with Gasteiger partial charge in [0.15, 0.2) is 0 Å². The molecule has 0 radical (unpaired) electrons. The smallest absolute Gasteiger partial charge is 0.119 e. The molecule has 1 aromatic heterocycles. The summed E-state index contributed by atoms with van der Waals surface area (Å²) in [7, 11) is 3.48. The van der Waals surface area contributed by atoms with E-state index in [0.717, 1.165) is 29.0 Å². The summed E-state index contributed by atoms with van der Waals surface area (Å²) in [6.45, 7) is 2.03. The Balaban J connectivity index is 2.37. The van der Waals surface area contributed by atoms with E-state index in [9.17, 15) is 5.11 Å². The Morgan fingerprint density at radius 1 is 1.44 bits per heavy atom. The molecular formula is C14H18N2O2. The number of aliphatic hydroxyl groups excluding tert-OH is 1. The van der Waals surface area contributed by atoms with Crippen molar-refractivity contribution < 1.29 is 9.84 Å². The highest BCUT2D eigenvalue weighted by molar-refractivity contribution is 5.36. The monoisotopic (exact) mass is 246 g/mol. The number of aryl methyl sites for hydroxylation is 2. The van der Waals surface area contributed by atoms with Crippen LogP contribution < -0.4 is 4.74 Å². The van der Waals surface area contributed by atoms with Crippen LogP contribution in [0.15, 0.2) is 30.5 Å². The first-order chi connectivity index (χ1) is 8.65. The van der Waals surface area contributed by atoms with E-state index >= 15 is 0 Å². The second-order valence-electron chi connectivity index (χ2n) is 4.24. The average molecular weight is 246 g/mol. The van der Waals surface area contributed by atoms with Crippen LogP contribution in [-0.2, 0) is 13.5 Å². The molecule has 1 heterocycles. The van der Waals surface area contributed by atoms with Crippen molar-refractivity contribution in [3.05, 3.63) is 47.3 Å². The van der Waals surface area contributed by atoms with E-state index < -0.39 is 6.10 Å². The molecule has 2 rings (SSSR count). The number of aliphatic hydroxyl groups is 1. The van der Waals surface area contributed by atoms with Crippen LogP contribution in [0.2, 0.25) is 0 Å². The molecule has 96 valence electrons. The lowest BCUT2D eigenvalue weighted by Gasteiger charge is -2.11. The molecule has 1 atom stereocenters. The number of hydrogen-bond donors (Lipinski definition) is 1. The van der Waals surface area contributed by atoms with Crippen molar-refractivity contribution in [2.75, 3.05) is 7.11 Å². The predicted octanol–water partition coefficient (Wildman–Crippen LogP) is 2.07. The molecule has 0 aliphatic rings. The highest BCUT2D eigenvalue weighted by Crippen LogP contribution is 2.27. The van der Waals surface area contributed by atoms with Gasteiger partial charge in [0.2, 0.25) is 0 Å². The van der Waals surface area contributed by atoms with Gasteiger partial charge in [-0.05, 0) is 24.1 Å². The SMILES string of the molecule is CCc1nn(C)cc1C(O)c1cccc(OC)c1. The van der Waals surface area contributed by atoms with Gasteiger partial charge in [-0.3, -0.25) is 4.68 Å². The molecule has 0 bridgehead atoms. The fourth-order valence-electron chi connectivity index (χ4n) is 2.05. The third-order valence-corrected chi connectivity index (χ3v) is 2.98. The maximum absolute atomic E-state index is 10.4. The minimum Gasteiger partial charge on any atom is -0.497 e. The Bertz CT molecular complexity index is 534. The summed E-state index contributed by atoms with van der Waals surface area (Å²) in [5, 5.41) is 14.8. The molecule has 0 spiro atoms. The molecule has 0 saturated heterocycles. The minimum atomic E-state index is -0.663. The van der Waals surface area contributed by atoms with Crippen LogP contribution in [0.1, 0.15) is 29.8 Å². The Labute approximate surface area is 107 Å². The number of hydrogen-bond acceptors (Lipinski definition) is 3. The molecule has 1 unspecified atom stereocenters. The summed E-state index contributed by atoms with van der Waals surface area (Å²) in [6.07, 6.45) is 2.00. The fourth-order valence-corrected chi connectivity index (χ4v) is 2.05. The topological polar surface area (TPSA) is 47.3 Å². The molecule has 1 N–H and O–H groups in total. The van der Waals surface area contributed by atoms with Crippen LogP contribution in [0.5, 0.6) is 5.75 Å². The van der Waals surface area contributed by atoms with Crippen LogP contribution in [0.3, 0.4) is 0 Å². The molecule has 4 nitrogen and oxygen atoms in total. The van der Waals surface area contributed by atoms with Crippen LogP contribution >= 0.6 is 0 Å². The van der Waals surface area contributed by atoms with Crippen LogP contribution in [0.25, 0.3) is 0 Å². The van der Waals surface area contributed by atoms with Gasteiger partial charge in [-0.2, -0.15) is 5.10 Å². The van der Waals surface area contributed by atoms with Gasteiger partial charge in [-0.25, -0.2) is 0 Å². The third kappa shape index (κ3) is 2.38.